The highest BCUT2D eigenvalue weighted by molar-refractivity contribution is 9.12. The Hall–Kier alpha value is -2.45. The number of carbonyl (C=O) groups excluding carboxylic acids is 2. The van der Waals surface area contributed by atoms with Crippen molar-refractivity contribution in [3.63, 3.8) is 0 Å². The van der Waals surface area contributed by atoms with Gasteiger partial charge in [-0.25, -0.2) is 13.6 Å². The van der Waals surface area contributed by atoms with E-state index < -0.39 is 54.5 Å². The summed E-state index contributed by atoms with van der Waals surface area (Å²) in [5.41, 5.74) is 5.81. The maximum absolute atomic E-state index is 14.1. The van der Waals surface area contributed by atoms with Gasteiger partial charge in [0.15, 0.2) is 0 Å². The summed E-state index contributed by atoms with van der Waals surface area (Å²) in [6.07, 6.45) is -6.18. The standard InChI is InChI=1S/C20H22BrF5N4O4/c1-10(2)29-16(31)15(21)17(33-9-11-3-4-12(22)7-14(11)23)30(34-18(32)20(24,25)26)19(29)28-6-5-13(27)8-28/h3-4,7,10,13,19H,5-6,8-9,27H2,1-2H3/t13-,19?/m1/s1. The Morgan fingerprint density at radius 2 is 1.97 bits per heavy atom. The summed E-state index contributed by atoms with van der Waals surface area (Å²) >= 11 is 3.01. The maximum atomic E-state index is 14.1. The molecule has 2 heterocycles. The van der Waals surface area contributed by atoms with Crippen molar-refractivity contribution in [3.05, 3.63) is 45.8 Å². The zero-order valence-electron chi connectivity index (χ0n) is 18.1. The quantitative estimate of drug-likeness (QED) is 0.539. The van der Waals surface area contributed by atoms with Crippen molar-refractivity contribution < 1.29 is 41.1 Å². The van der Waals surface area contributed by atoms with Crippen LogP contribution in [0.4, 0.5) is 22.0 Å². The Kier molecular flexibility index (Phi) is 7.72. The van der Waals surface area contributed by atoms with E-state index >= 15 is 0 Å². The molecule has 2 N–H and O–H groups in total. The predicted octanol–water partition coefficient (Wildman–Crippen LogP) is 2.94. The molecule has 1 fully saturated rings. The lowest BCUT2D eigenvalue weighted by Gasteiger charge is -2.48. The second kappa shape index (κ2) is 10.0. The average Bonchev–Trinajstić information content (AvgIpc) is 3.16. The fourth-order valence-corrected chi connectivity index (χ4v) is 4.11. The highest BCUT2D eigenvalue weighted by Crippen LogP contribution is 2.36. The molecule has 0 radical (unpaired) electrons. The molecule has 14 heteroatoms. The molecule has 8 nitrogen and oxygen atoms in total. The number of amides is 1. The Balaban J connectivity index is 2.04. The van der Waals surface area contributed by atoms with E-state index in [4.69, 9.17) is 15.3 Å². The molecule has 188 valence electrons. The number of ether oxygens (including phenoxy) is 1. The molecule has 1 amide bonds. The van der Waals surface area contributed by atoms with Crippen LogP contribution in [0.2, 0.25) is 0 Å². The molecule has 2 aliphatic heterocycles. The van der Waals surface area contributed by atoms with Crippen molar-refractivity contribution in [2.75, 3.05) is 13.1 Å². The first kappa shape index (κ1) is 26.2. The molecule has 0 bridgehead atoms. The average molecular weight is 557 g/mol. The molecular formula is C20H22BrF5N4O4. The van der Waals surface area contributed by atoms with Crippen LogP contribution in [0.25, 0.3) is 0 Å². The Morgan fingerprint density at radius 1 is 1.29 bits per heavy atom. The molecule has 1 aromatic carbocycles. The number of nitrogens with zero attached hydrogens (tertiary/aromatic N) is 3. The first-order valence-corrected chi connectivity index (χ1v) is 11.0. The van der Waals surface area contributed by atoms with Crippen LogP contribution in [-0.4, -0.2) is 64.4 Å². The minimum atomic E-state index is -5.35. The number of alkyl halides is 3. The maximum Gasteiger partial charge on any atom is 0.493 e. The van der Waals surface area contributed by atoms with Gasteiger partial charge in [0.25, 0.3) is 5.91 Å². The minimum absolute atomic E-state index is 0.144. The van der Waals surface area contributed by atoms with Gasteiger partial charge in [-0.1, -0.05) is 0 Å². The number of likely N-dealkylation sites (tertiary alicyclic amines) is 1. The number of hydrogen-bond donors (Lipinski definition) is 1. The number of halogens is 6. The summed E-state index contributed by atoms with van der Waals surface area (Å²) in [5, 5.41) is 0.529. The van der Waals surface area contributed by atoms with Crippen molar-refractivity contribution in [2.24, 2.45) is 5.73 Å². The first-order chi connectivity index (χ1) is 15.8. The van der Waals surface area contributed by atoms with E-state index in [1.165, 1.54) is 4.90 Å². The normalized spacial score (nSPS) is 22.1. The van der Waals surface area contributed by atoms with E-state index in [1.54, 1.807) is 18.7 Å². The monoisotopic (exact) mass is 556 g/mol. The zero-order valence-corrected chi connectivity index (χ0v) is 19.7. The van der Waals surface area contributed by atoms with E-state index in [1.807, 2.05) is 0 Å². The molecule has 3 rings (SSSR count). The predicted molar refractivity (Wildman–Crippen MR) is 111 cm³/mol. The molecule has 1 saturated heterocycles. The van der Waals surface area contributed by atoms with Crippen molar-refractivity contribution in [2.45, 2.75) is 51.4 Å². The van der Waals surface area contributed by atoms with Crippen LogP contribution in [0, 0.1) is 11.6 Å². The molecule has 34 heavy (non-hydrogen) atoms. The molecule has 2 aliphatic rings. The lowest BCUT2D eigenvalue weighted by molar-refractivity contribution is -0.278. The topological polar surface area (TPSA) is 88.3 Å². The van der Waals surface area contributed by atoms with Crippen molar-refractivity contribution in [1.29, 1.82) is 0 Å². The summed E-state index contributed by atoms with van der Waals surface area (Å²) in [6, 6.07) is 1.78. The third-order valence-electron chi connectivity index (χ3n) is 5.20. The molecule has 0 aliphatic carbocycles. The summed E-state index contributed by atoms with van der Waals surface area (Å²) in [4.78, 5) is 32.4. The number of nitrogens with two attached hydrogens (primary N) is 1. The molecule has 2 atom stereocenters. The van der Waals surface area contributed by atoms with E-state index in [0.29, 0.717) is 24.1 Å². The lowest BCUT2D eigenvalue weighted by Crippen LogP contribution is -2.64. The SMILES string of the molecule is CC(C)N1C(=O)C(Br)=C(OCc2ccc(F)cc2F)N(OC(=O)C(F)(F)F)C1N1CC[C@@H](N)C1. The van der Waals surface area contributed by atoms with Crippen LogP contribution in [0.1, 0.15) is 25.8 Å². The summed E-state index contributed by atoms with van der Waals surface area (Å²) in [5.74, 6) is -5.59. The Morgan fingerprint density at radius 3 is 2.50 bits per heavy atom. The second-order valence-corrected chi connectivity index (χ2v) is 8.84. The van der Waals surface area contributed by atoms with Crippen LogP contribution in [-0.2, 0) is 25.8 Å². The summed E-state index contributed by atoms with van der Waals surface area (Å²) in [7, 11) is 0. The number of hydroxylamine groups is 2. The van der Waals surface area contributed by atoms with E-state index in [0.717, 1.165) is 12.1 Å². The molecular weight excluding hydrogens is 535 g/mol. The Labute approximate surface area is 200 Å². The van der Waals surface area contributed by atoms with Gasteiger partial charge in [0.2, 0.25) is 12.2 Å². The van der Waals surface area contributed by atoms with Gasteiger partial charge in [-0.3, -0.25) is 14.6 Å². The van der Waals surface area contributed by atoms with Crippen molar-refractivity contribution in [1.82, 2.24) is 14.9 Å². The zero-order chi connectivity index (χ0) is 25.4. The second-order valence-electron chi connectivity index (χ2n) is 8.04. The third kappa shape index (κ3) is 5.44. The van der Waals surface area contributed by atoms with Gasteiger partial charge >= 0.3 is 12.1 Å². The highest BCUT2D eigenvalue weighted by atomic mass is 79.9. The van der Waals surface area contributed by atoms with Gasteiger partial charge in [-0.2, -0.15) is 13.2 Å². The minimum Gasteiger partial charge on any atom is -0.471 e. The van der Waals surface area contributed by atoms with E-state index in [9.17, 15) is 31.5 Å². The molecule has 1 unspecified atom stereocenters. The van der Waals surface area contributed by atoms with Crippen LogP contribution >= 0.6 is 15.9 Å². The summed E-state index contributed by atoms with van der Waals surface area (Å²) < 4.78 is 71.7. The fraction of sp³-hybridized carbons (Fsp3) is 0.500. The first-order valence-electron chi connectivity index (χ1n) is 10.2. The van der Waals surface area contributed by atoms with Crippen molar-refractivity contribution >= 4 is 27.8 Å². The fourth-order valence-electron chi connectivity index (χ4n) is 3.62. The van der Waals surface area contributed by atoms with Crippen molar-refractivity contribution in [3.8, 4) is 0 Å². The molecule has 0 saturated carbocycles. The van der Waals surface area contributed by atoms with Gasteiger partial charge in [0.1, 0.15) is 22.7 Å². The van der Waals surface area contributed by atoms with Crippen LogP contribution in [0.15, 0.2) is 28.6 Å². The van der Waals surface area contributed by atoms with Gasteiger partial charge < -0.3 is 15.3 Å². The Bertz CT molecular complexity index is 990. The van der Waals surface area contributed by atoms with Gasteiger partial charge in [0, 0.05) is 36.8 Å². The molecule has 0 spiro atoms. The lowest BCUT2D eigenvalue weighted by atomic mass is 10.2. The molecule has 0 aromatic heterocycles. The van der Waals surface area contributed by atoms with Crippen LogP contribution in [0.3, 0.4) is 0 Å². The number of carbonyl (C=O) groups is 2. The van der Waals surface area contributed by atoms with Gasteiger partial charge in [0.05, 0.1) is 0 Å². The van der Waals surface area contributed by atoms with Gasteiger partial charge in [-0.05, 0) is 48.3 Å². The van der Waals surface area contributed by atoms with Crippen LogP contribution < -0.4 is 5.73 Å². The van der Waals surface area contributed by atoms with Gasteiger partial charge in [-0.15, -0.1) is 5.06 Å². The van der Waals surface area contributed by atoms with E-state index in [-0.39, 0.29) is 22.6 Å². The number of benzene rings is 1. The number of rotatable bonds is 6. The molecule has 1 aromatic rings. The summed E-state index contributed by atoms with van der Waals surface area (Å²) in [6.45, 7) is 3.14. The van der Waals surface area contributed by atoms with E-state index in [2.05, 4.69) is 15.9 Å². The van der Waals surface area contributed by atoms with Crippen LogP contribution in [0.5, 0.6) is 0 Å². The third-order valence-corrected chi connectivity index (χ3v) is 5.88. The highest BCUT2D eigenvalue weighted by Gasteiger charge is 2.51. The smallest absolute Gasteiger partial charge is 0.471 e. The largest absolute Gasteiger partial charge is 0.493 e. The number of hydrogen-bond acceptors (Lipinski definition) is 7.